The molecule has 0 aliphatic carbocycles. The number of likely N-dealkylation sites (tertiary alicyclic amines) is 1. The molecule has 0 aromatic carbocycles. The van der Waals surface area contributed by atoms with Crippen molar-refractivity contribution in [3.8, 4) is 0 Å². The minimum absolute atomic E-state index is 0.116. The van der Waals surface area contributed by atoms with Gasteiger partial charge in [0.2, 0.25) is 0 Å². The van der Waals surface area contributed by atoms with Gasteiger partial charge < -0.3 is 5.11 Å². The van der Waals surface area contributed by atoms with Crippen molar-refractivity contribution in [2.75, 3.05) is 19.6 Å². The summed E-state index contributed by atoms with van der Waals surface area (Å²) in [5.74, 6) is 0.439. The molecule has 0 amide bonds. The van der Waals surface area contributed by atoms with Crippen LogP contribution < -0.4 is 0 Å². The van der Waals surface area contributed by atoms with Gasteiger partial charge in [-0.25, -0.2) is 0 Å². The molecule has 0 spiro atoms. The lowest BCUT2D eigenvalue weighted by Gasteiger charge is -2.14. The molecular weight excluding hydrogens is 150 g/mol. The van der Waals surface area contributed by atoms with Crippen molar-refractivity contribution in [1.29, 1.82) is 0 Å². The van der Waals surface area contributed by atoms with Gasteiger partial charge in [-0.2, -0.15) is 0 Å². The molecule has 1 N–H and O–H groups in total. The standard InChI is InChI=1S/C10H19NO/c1-4-8(2)5-11-6-9(3)10(12)7-11/h4,9-10,12H,5-7H2,1-3H3/b8-4-/t9-,10-/m0/s1. The predicted molar refractivity (Wildman–Crippen MR) is 51.0 cm³/mol. The lowest BCUT2D eigenvalue weighted by atomic mass is 10.1. The summed E-state index contributed by atoms with van der Waals surface area (Å²) in [4.78, 5) is 2.31. The Hall–Kier alpha value is -0.340. The first kappa shape index (κ1) is 9.75. The van der Waals surface area contributed by atoms with Crippen LogP contribution in [0.15, 0.2) is 11.6 Å². The number of aliphatic hydroxyl groups is 1. The molecule has 0 aromatic rings. The van der Waals surface area contributed by atoms with E-state index in [0.29, 0.717) is 5.92 Å². The van der Waals surface area contributed by atoms with Gasteiger partial charge >= 0.3 is 0 Å². The van der Waals surface area contributed by atoms with E-state index in [1.54, 1.807) is 0 Å². The third-order valence-electron chi connectivity index (χ3n) is 2.61. The minimum atomic E-state index is -0.116. The third kappa shape index (κ3) is 2.32. The summed E-state index contributed by atoms with van der Waals surface area (Å²) in [5, 5.41) is 9.49. The van der Waals surface area contributed by atoms with Gasteiger partial charge in [0, 0.05) is 19.6 Å². The molecule has 2 atom stereocenters. The van der Waals surface area contributed by atoms with Crippen LogP contribution in [0.2, 0.25) is 0 Å². The van der Waals surface area contributed by atoms with Crippen molar-refractivity contribution in [2.45, 2.75) is 26.9 Å². The number of nitrogens with zero attached hydrogens (tertiary/aromatic N) is 1. The van der Waals surface area contributed by atoms with E-state index in [2.05, 4.69) is 31.7 Å². The number of allylic oxidation sites excluding steroid dienone is 1. The van der Waals surface area contributed by atoms with E-state index >= 15 is 0 Å². The lowest BCUT2D eigenvalue weighted by Crippen LogP contribution is -2.23. The largest absolute Gasteiger partial charge is 0.391 e. The molecule has 2 heteroatoms. The lowest BCUT2D eigenvalue weighted by molar-refractivity contribution is 0.149. The summed E-state index contributed by atoms with van der Waals surface area (Å²) >= 11 is 0. The number of hydrogen-bond acceptors (Lipinski definition) is 2. The van der Waals surface area contributed by atoms with Crippen molar-refractivity contribution in [3.05, 3.63) is 11.6 Å². The Morgan fingerprint density at radius 3 is 2.67 bits per heavy atom. The molecule has 0 saturated carbocycles. The first-order valence-corrected chi connectivity index (χ1v) is 4.65. The van der Waals surface area contributed by atoms with Crippen molar-refractivity contribution in [3.63, 3.8) is 0 Å². The van der Waals surface area contributed by atoms with Crippen LogP contribution in [0.3, 0.4) is 0 Å². The highest BCUT2D eigenvalue weighted by atomic mass is 16.3. The van der Waals surface area contributed by atoms with E-state index in [1.165, 1.54) is 5.57 Å². The summed E-state index contributed by atoms with van der Waals surface area (Å²) in [6, 6.07) is 0. The first-order chi connectivity index (χ1) is 5.63. The molecule has 1 heterocycles. The highest BCUT2D eigenvalue weighted by molar-refractivity contribution is 5.00. The maximum atomic E-state index is 9.49. The maximum Gasteiger partial charge on any atom is 0.0704 e. The van der Waals surface area contributed by atoms with Crippen LogP contribution in [0.4, 0.5) is 0 Å². The fourth-order valence-electron chi connectivity index (χ4n) is 1.62. The van der Waals surface area contributed by atoms with Crippen LogP contribution in [0, 0.1) is 5.92 Å². The molecule has 1 fully saturated rings. The Morgan fingerprint density at radius 2 is 2.25 bits per heavy atom. The Kier molecular flexibility index (Phi) is 3.29. The summed E-state index contributed by atoms with van der Waals surface area (Å²) in [5.41, 5.74) is 1.39. The zero-order chi connectivity index (χ0) is 9.14. The zero-order valence-electron chi connectivity index (χ0n) is 8.25. The average Bonchev–Trinajstić information content (AvgIpc) is 2.31. The van der Waals surface area contributed by atoms with E-state index in [1.807, 2.05) is 0 Å². The molecule has 12 heavy (non-hydrogen) atoms. The highest BCUT2D eigenvalue weighted by Crippen LogP contribution is 2.16. The summed E-state index contributed by atoms with van der Waals surface area (Å²) in [6.07, 6.45) is 2.02. The van der Waals surface area contributed by atoms with Crippen molar-refractivity contribution in [1.82, 2.24) is 4.90 Å². The minimum Gasteiger partial charge on any atom is -0.391 e. The van der Waals surface area contributed by atoms with Gasteiger partial charge in [-0.05, 0) is 19.8 Å². The van der Waals surface area contributed by atoms with Gasteiger partial charge in [0.1, 0.15) is 0 Å². The molecule has 1 rings (SSSR count). The Morgan fingerprint density at radius 1 is 1.58 bits per heavy atom. The van der Waals surface area contributed by atoms with Crippen LogP contribution in [-0.2, 0) is 0 Å². The van der Waals surface area contributed by atoms with Crippen molar-refractivity contribution in [2.24, 2.45) is 5.92 Å². The zero-order valence-corrected chi connectivity index (χ0v) is 8.25. The molecule has 1 aliphatic rings. The quantitative estimate of drug-likeness (QED) is 0.629. The fraction of sp³-hybridized carbons (Fsp3) is 0.800. The summed E-state index contributed by atoms with van der Waals surface area (Å²) in [7, 11) is 0. The van der Waals surface area contributed by atoms with Gasteiger partial charge in [-0.15, -0.1) is 0 Å². The topological polar surface area (TPSA) is 23.5 Å². The second kappa shape index (κ2) is 4.06. The average molecular weight is 169 g/mol. The van der Waals surface area contributed by atoms with E-state index in [9.17, 15) is 5.11 Å². The van der Waals surface area contributed by atoms with Crippen molar-refractivity contribution >= 4 is 0 Å². The molecular formula is C10H19NO. The van der Waals surface area contributed by atoms with Crippen LogP contribution in [-0.4, -0.2) is 35.7 Å². The SMILES string of the molecule is C/C=C(/C)CN1C[C@H](C)[C@@H](O)C1. The molecule has 0 aromatic heterocycles. The van der Waals surface area contributed by atoms with Gasteiger partial charge in [0.15, 0.2) is 0 Å². The number of hydrogen-bond donors (Lipinski definition) is 1. The first-order valence-electron chi connectivity index (χ1n) is 4.65. The molecule has 0 radical (unpaired) electrons. The van der Waals surface area contributed by atoms with Gasteiger partial charge in [-0.3, -0.25) is 4.90 Å². The van der Waals surface area contributed by atoms with E-state index in [-0.39, 0.29) is 6.10 Å². The summed E-state index contributed by atoms with van der Waals surface area (Å²) in [6.45, 7) is 9.19. The predicted octanol–water partition coefficient (Wildman–Crippen LogP) is 1.27. The Balaban J connectivity index is 2.37. The second-order valence-electron chi connectivity index (χ2n) is 3.87. The van der Waals surface area contributed by atoms with Crippen LogP contribution >= 0.6 is 0 Å². The van der Waals surface area contributed by atoms with E-state index in [0.717, 1.165) is 19.6 Å². The third-order valence-corrected chi connectivity index (χ3v) is 2.61. The smallest absolute Gasteiger partial charge is 0.0704 e. The van der Waals surface area contributed by atoms with Crippen LogP contribution in [0.25, 0.3) is 0 Å². The van der Waals surface area contributed by atoms with Crippen molar-refractivity contribution < 1.29 is 5.11 Å². The molecule has 0 bridgehead atoms. The maximum absolute atomic E-state index is 9.49. The molecule has 70 valence electrons. The van der Waals surface area contributed by atoms with Gasteiger partial charge in [-0.1, -0.05) is 18.6 Å². The molecule has 0 unspecified atom stereocenters. The second-order valence-corrected chi connectivity index (χ2v) is 3.87. The van der Waals surface area contributed by atoms with Gasteiger partial charge in [0.05, 0.1) is 6.10 Å². The normalized spacial score (nSPS) is 32.8. The Bertz CT molecular complexity index is 167. The van der Waals surface area contributed by atoms with Crippen LogP contribution in [0.5, 0.6) is 0 Å². The molecule has 1 saturated heterocycles. The monoisotopic (exact) mass is 169 g/mol. The van der Waals surface area contributed by atoms with E-state index < -0.39 is 0 Å². The van der Waals surface area contributed by atoms with Gasteiger partial charge in [0.25, 0.3) is 0 Å². The number of aliphatic hydroxyl groups excluding tert-OH is 1. The van der Waals surface area contributed by atoms with E-state index in [4.69, 9.17) is 0 Å². The number of β-amino-alcohol motifs (C(OH)–C–C–N with tert-alkyl or cyclic N) is 1. The Labute approximate surface area is 74.9 Å². The molecule has 2 nitrogen and oxygen atoms in total. The highest BCUT2D eigenvalue weighted by Gasteiger charge is 2.27. The molecule has 1 aliphatic heterocycles. The number of rotatable bonds is 2. The fourth-order valence-corrected chi connectivity index (χ4v) is 1.62. The summed E-state index contributed by atoms with van der Waals surface area (Å²) < 4.78 is 0. The van der Waals surface area contributed by atoms with Crippen LogP contribution in [0.1, 0.15) is 20.8 Å².